The Balaban J connectivity index is 1.66. The van der Waals surface area contributed by atoms with Crippen LogP contribution in [-0.2, 0) is 4.79 Å². The topological polar surface area (TPSA) is 58.4 Å². The Morgan fingerprint density at radius 2 is 2.00 bits per heavy atom. The zero-order chi connectivity index (χ0) is 13.7. The summed E-state index contributed by atoms with van der Waals surface area (Å²) in [7, 11) is 0. The van der Waals surface area contributed by atoms with Gasteiger partial charge in [0.1, 0.15) is 0 Å². The first-order valence-corrected chi connectivity index (χ1v) is 7.96. The minimum atomic E-state index is 0.219. The normalized spacial score (nSPS) is 29.6. The maximum Gasteiger partial charge on any atom is 0.220 e. The summed E-state index contributed by atoms with van der Waals surface area (Å²) in [5, 5.41) is 3.21. The molecule has 0 spiro atoms. The quantitative estimate of drug-likeness (QED) is 0.793. The van der Waals surface area contributed by atoms with E-state index in [0.717, 1.165) is 38.8 Å². The molecule has 4 nitrogen and oxygen atoms in total. The van der Waals surface area contributed by atoms with Gasteiger partial charge in [-0.2, -0.15) is 0 Å². The van der Waals surface area contributed by atoms with Crippen molar-refractivity contribution in [2.75, 3.05) is 19.6 Å². The third-order valence-corrected chi connectivity index (χ3v) is 4.66. The van der Waals surface area contributed by atoms with Crippen LogP contribution in [0, 0.1) is 5.92 Å². The Hall–Kier alpha value is -0.610. The molecule has 0 unspecified atom stereocenters. The number of likely N-dealkylation sites (tertiary alicyclic amines) is 1. The molecular formula is C15H29N3O. The summed E-state index contributed by atoms with van der Waals surface area (Å²) in [4.78, 5) is 14.5. The van der Waals surface area contributed by atoms with Crippen molar-refractivity contribution in [2.24, 2.45) is 11.7 Å². The standard InChI is InChI=1S/C15H29N3O/c1-2-8-18-9-6-13(7-10-18)17-15(19)11-12-4-3-5-14(12)16/h12-14H,2-11,16H2,1H3,(H,17,19)/t12-,14+/m0/s1. The molecule has 2 aliphatic rings. The first-order valence-electron chi connectivity index (χ1n) is 7.96. The number of carbonyl (C=O) groups is 1. The smallest absolute Gasteiger partial charge is 0.220 e. The Morgan fingerprint density at radius 1 is 1.26 bits per heavy atom. The van der Waals surface area contributed by atoms with Gasteiger partial charge in [-0.3, -0.25) is 4.79 Å². The molecule has 1 heterocycles. The number of hydrogen-bond acceptors (Lipinski definition) is 3. The third kappa shape index (κ3) is 4.46. The van der Waals surface area contributed by atoms with Crippen molar-refractivity contribution < 1.29 is 4.79 Å². The van der Waals surface area contributed by atoms with Gasteiger partial charge in [-0.05, 0) is 44.6 Å². The van der Waals surface area contributed by atoms with Gasteiger partial charge in [0.25, 0.3) is 0 Å². The molecule has 2 atom stereocenters. The second-order valence-corrected chi connectivity index (χ2v) is 6.24. The molecule has 110 valence electrons. The van der Waals surface area contributed by atoms with Crippen LogP contribution in [0.25, 0.3) is 0 Å². The van der Waals surface area contributed by atoms with Crippen molar-refractivity contribution >= 4 is 5.91 Å². The van der Waals surface area contributed by atoms with Crippen LogP contribution >= 0.6 is 0 Å². The first-order chi connectivity index (χ1) is 9.19. The molecule has 1 saturated carbocycles. The highest BCUT2D eigenvalue weighted by Crippen LogP contribution is 2.26. The van der Waals surface area contributed by atoms with E-state index in [1.165, 1.54) is 19.4 Å². The molecule has 1 aliphatic heterocycles. The molecule has 1 aliphatic carbocycles. The molecule has 2 rings (SSSR count). The van der Waals surface area contributed by atoms with E-state index in [4.69, 9.17) is 5.73 Å². The predicted octanol–water partition coefficient (Wildman–Crippen LogP) is 1.49. The van der Waals surface area contributed by atoms with Crippen LogP contribution in [0.4, 0.5) is 0 Å². The van der Waals surface area contributed by atoms with Gasteiger partial charge in [-0.25, -0.2) is 0 Å². The van der Waals surface area contributed by atoms with Crippen molar-refractivity contribution in [1.82, 2.24) is 10.2 Å². The average molecular weight is 267 g/mol. The lowest BCUT2D eigenvalue weighted by molar-refractivity contribution is -0.123. The molecule has 0 radical (unpaired) electrons. The summed E-state index contributed by atoms with van der Waals surface area (Å²) in [6.45, 7) is 5.67. The number of piperidine rings is 1. The van der Waals surface area contributed by atoms with Gasteiger partial charge in [0, 0.05) is 31.6 Å². The van der Waals surface area contributed by atoms with Crippen molar-refractivity contribution in [2.45, 2.75) is 64.0 Å². The summed E-state index contributed by atoms with van der Waals surface area (Å²) in [5.74, 6) is 0.636. The Labute approximate surface area is 117 Å². The van der Waals surface area contributed by atoms with Gasteiger partial charge in [0.15, 0.2) is 0 Å². The van der Waals surface area contributed by atoms with Gasteiger partial charge >= 0.3 is 0 Å². The highest BCUT2D eigenvalue weighted by molar-refractivity contribution is 5.76. The molecule has 4 heteroatoms. The zero-order valence-electron chi connectivity index (χ0n) is 12.2. The van der Waals surface area contributed by atoms with E-state index >= 15 is 0 Å². The van der Waals surface area contributed by atoms with E-state index in [-0.39, 0.29) is 11.9 Å². The number of nitrogens with one attached hydrogen (secondary N) is 1. The number of rotatable bonds is 5. The number of hydrogen-bond donors (Lipinski definition) is 2. The highest BCUT2D eigenvalue weighted by atomic mass is 16.1. The van der Waals surface area contributed by atoms with E-state index in [1.54, 1.807) is 0 Å². The zero-order valence-corrected chi connectivity index (χ0v) is 12.2. The fourth-order valence-corrected chi connectivity index (χ4v) is 3.46. The van der Waals surface area contributed by atoms with Gasteiger partial charge in [0.05, 0.1) is 0 Å². The lowest BCUT2D eigenvalue weighted by Crippen LogP contribution is -2.45. The molecule has 19 heavy (non-hydrogen) atoms. The minimum absolute atomic E-state index is 0.219. The third-order valence-electron chi connectivity index (χ3n) is 4.66. The van der Waals surface area contributed by atoms with Crippen molar-refractivity contribution in [3.8, 4) is 0 Å². The molecule has 2 fully saturated rings. The van der Waals surface area contributed by atoms with E-state index in [9.17, 15) is 4.79 Å². The molecule has 0 bridgehead atoms. The largest absolute Gasteiger partial charge is 0.353 e. The molecular weight excluding hydrogens is 238 g/mol. The van der Waals surface area contributed by atoms with Gasteiger partial charge in [-0.1, -0.05) is 13.3 Å². The van der Waals surface area contributed by atoms with Crippen LogP contribution in [0.15, 0.2) is 0 Å². The van der Waals surface area contributed by atoms with Crippen LogP contribution in [0.1, 0.15) is 51.9 Å². The number of carbonyl (C=O) groups excluding carboxylic acids is 1. The Morgan fingerprint density at radius 3 is 2.58 bits per heavy atom. The molecule has 1 saturated heterocycles. The van der Waals surface area contributed by atoms with E-state index < -0.39 is 0 Å². The molecule has 0 aromatic heterocycles. The summed E-state index contributed by atoms with van der Waals surface area (Å²) < 4.78 is 0. The minimum Gasteiger partial charge on any atom is -0.353 e. The monoisotopic (exact) mass is 267 g/mol. The van der Waals surface area contributed by atoms with Crippen LogP contribution in [-0.4, -0.2) is 42.5 Å². The van der Waals surface area contributed by atoms with E-state index in [2.05, 4.69) is 17.1 Å². The Kier molecular flexibility index (Phi) is 5.64. The van der Waals surface area contributed by atoms with Gasteiger partial charge in [-0.15, -0.1) is 0 Å². The molecule has 0 aromatic carbocycles. The lowest BCUT2D eigenvalue weighted by Gasteiger charge is -2.32. The second-order valence-electron chi connectivity index (χ2n) is 6.24. The van der Waals surface area contributed by atoms with Gasteiger partial charge in [0.2, 0.25) is 5.91 Å². The van der Waals surface area contributed by atoms with Crippen LogP contribution in [0.5, 0.6) is 0 Å². The summed E-state index contributed by atoms with van der Waals surface area (Å²) >= 11 is 0. The van der Waals surface area contributed by atoms with E-state index in [0.29, 0.717) is 18.4 Å². The summed E-state index contributed by atoms with van der Waals surface area (Å²) in [6, 6.07) is 0.635. The first kappa shape index (κ1) is 14.8. The Bertz CT molecular complexity index is 287. The molecule has 1 amide bonds. The summed E-state index contributed by atoms with van der Waals surface area (Å²) in [5.41, 5.74) is 6.03. The SMILES string of the molecule is CCCN1CCC(NC(=O)C[C@@H]2CCC[C@H]2N)CC1. The second kappa shape index (κ2) is 7.25. The van der Waals surface area contributed by atoms with Crippen molar-refractivity contribution in [3.63, 3.8) is 0 Å². The van der Waals surface area contributed by atoms with Gasteiger partial charge < -0.3 is 16.0 Å². The molecule has 3 N–H and O–H groups in total. The number of nitrogens with zero attached hydrogens (tertiary/aromatic N) is 1. The maximum atomic E-state index is 12.0. The fourth-order valence-electron chi connectivity index (χ4n) is 3.46. The van der Waals surface area contributed by atoms with Crippen LogP contribution < -0.4 is 11.1 Å². The lowest BCUT2D eigenvalue weighted by atomic mass is 9.98. The number of amides is 1. The van der Waals surface area contributed by atoms with Crippen molar-refractivity contribution in [1.29, 1.82) is 0 Å². The van der Waals surface area contributed by atoms with Crippen molar-refractivity contribution in [3.05, 3.63) is 0 Å². The molecule has 0 aromatic rings. The van der Waals surface area contributed by atoms with E-state index in [1.807, 2.05) is 0 Å². The predicted molar refractivity (Wildman–Crippen MR) is 77.8 cm³/mol. The highest BCUT2D eigenvalue weighted by Gasteiger charge is 2.27. The summed E-state index contributed by atoms with van der Waals surface area (Å²) in [6.07, 6.45) is 7.46. The number of nitrogens with two attached hydrogens (primary N) is 1. The maximum absolute atomic E-state index is 12.0. The average Bonchev–Trinajstić information content (AvgIpc) is 2.78. The van der Waals surface area contributed by atoms with Crippen LogP contribution in [0.2, 0.25) is 0 Å². The van der Waals surface area contributed by atoms with Crippen LogP contribution in [0.3, 0.4) is 0 Å². The fraction of sp³-hybridized carbons (Fsp3) is 0.933.